The highest BCUT2D eigenvalue weighted by Gasteiger charge is 2.35. The molecule has 0 atom stereocenters. The highest BCUT2D eigenvalue weighted by Crippen LogP contribution is 2.28. The largest absolute Gasteiger partial charge is 0.435 e. The van der Waals surface area contributed by atoms with Crippen LogP contribution >= 0.6 is 0 Å². The molecule has 1 aromatic heterocycles. The fourth-order valence-corrected chi connectivity index (χ4v) is 2.47. The molecule has 5 nitrogen and oxygen atoms in total. The third kappa shape index (κ3) is 3.74. The van der Waals surface area contributed by atoms with Crippen molar-refractivity contribution in [2.75, 3.05) is 0 Å². The molecule has 0 bridgehead atoms. The molecule has 21 heavy (non-hydrogen) atoms. The molecule has 1 aromatic rings. The summed E-state index contributed by atoms with van der Waals surface area (Å²) in [6.07, 6.45) is 0.445. The van der Waals surface area contributed by atoms with Gasteiger partial charge in [0, 0.05) is 6.20 Å². The quantitative estimate of drug-likeness (QED) is 0.930. The van der Waals surface area contributed by atoms with Gasteiger partial charge < -0.3 is 5.32 Å². The van der Waals surface area contributed by atoms with Crippen LogP contribution in [0.4, 0.5) is 13.2 Å². The van der Waals surface area contributed by atoms with Gasteiger partial charge in [0.2, 0.25) is 5.91 Å². The van der Waals surface area contributed by atoms with Gasteiger partial charge in [-0.25, -0.2) is 0 Å². The van der Waals surface area contributed by atoms with E-state index in [2.05, 4.69) is 16.5 Å². The molecule has 0 spiro atoms. The number of nitrogens with zero attached hydrogens (tertiary/aromatic N) is 3. The Kier molecular flexibility index (Phi) is 4.21. The second kappa shape index (κ2) is 5.76. The average Bonchev–Trinajstić information content (AvgIpc) is 2.88. The van der Waals surface area contributed by atoms with Gasteiger partial charge in [0.05, 0.1) is 6.07 Å². The van der Waals surface area contributed by atoms with E-state index in [0.717, 1.165) is 36.2 Å². The van der Waals surface area contributed by atoms with Crippen LogP contribution in [0, 0.1) is 11.3 Å². The number of alkyl halides is 3. The van der Waals surface area contributed by atoms with Crippen LogP contribution in [0.3, 0.4) is 0 Å². The second-order valence-electron chi connectivity index (χ2n) is 5.20. The Hall–Kier alpha value is -2.04. The number of aromatic nitrogens is 2. The maximum Gasteiger partial charge on any atom is 0.435 e. The molecule has 1 N–H and O–H groups in total. The lowest BCUT2D eigenvalue weighted by Gasteiger charge is -2.31. The molecular weight excluding hydrogens is 285 g/mol. The van der Waals surface area contributed by atoms with Crippen LogP contribution in [0.2, 0.25) is 0 Å². The number of hydrogen-bond donors (Lipinski definition) is 1. The van der Waals surface area contributed by atoms with E-state index in [1.165, 1.54) is 0 Å². The highest BCUT2D eigenvalue weighted by atomic mass is 19.4. The predicted octanol–water partition coefficient (Wildman–Crippen LogP) is 2.24. The molecule has 1 saturated carbocycles. The first-order chi connectivity index (χ1) is 9.85. The molecular formula is C13H15F3N4O. The number of nitriles is 1. The summed E-state index contributed by atoms with van der Waals surface area (Å²) in [7, 11) is 0. The summed E-state index contributed by atoms with van der Waals surface area (Å²) < 4.78 is 38.1. The van der Waals surface area contributed by atoms with E-state index in [-0.39, 0.29) is 6.54 Å². The molecule has 8 heteroatoms. The molecule has 0 radical (unpaired) electrons. The summed E-state index contributed by atoms with van der Waals surface area (Å²) in [5.74, 6) is -0.504. The van der Waals surface area contributed by atoms with Crippen LogP contribution in [0.5, 0.6) is 0 Å². The number of rotatable bonds is 3. The van der Waals surface area contributed by atoms with Gasteiger partial charge in [-0.2, -0.15) is 23.5 Å². The zero-order valence-electron chi connectivity index (χ0n) is 11.3. The van der Waals surface area contributed by atoms with E-state index < -0.39 is 23.3 Å². The summed E-state index contributed by atoms with van der Waals surface area (Å²) in [4.78, 5) is 11.9. The van der Waals surface area contributed by atoms with Crippen LogP contribution in [-0.2, 0) is 17.5 Å². The van der Waals surface area contributed by atoms with Gasteiger partial charge in [-0.3, -0.25) is 9.48 Å². The van der Waals surface area contributed by atoms with Gasteiger partial charge >= 0.3 is 6.18 Å². The molecule has 2 rings (SSSR count). The Morgan fingerprint density at radius 2 is 2.10 bits per heavy atom. The van der Waals surface area contributed by atoms with Crippen molar-refractivity contribution in [3.8, 4) is 6.07 Å². The highest BCUT2D eigenvalue weighted by molar-refractivity contribution is 5.77. The first-order valence-electron chi connectivity index (χ1n) is 6.68. The summed E-state index contributed by atoms with van der Waals surface area (Å²) in [6.45, 7) is -0.334. The predicted molar refractivity (Wildman–Crippen MR) is 66.8 cm³/mol. The number of halogens is 3. The fraction of sp³-hybridized carbons (Fsp3) is 0.615. The number of hydrogen-bond acceptors (Lipinski definition) is 3. The van der Waals surface area contributed by atoms with Crippen molar-refractivity contribution in [1.29, 1.82) is 5.26 Å². The summed E-state index contributed by atoms with van der Waals surface area (Å²) in [5, 5.41) is 15.2. The van der Waals surface area contributed by atoms with Crippen LogP contribution in [0.1, 0.15) is 37.8 Å². The standard InChI is InChI=1S/C13H15F3N4O/c14-13(15,16)10-4-7-20(19-10)8-11(21)18-12(9-17)5-2-1-3-6-12/h4,7H,1-3,5-6,8H2,(H,18,21). The Morgan fingerprint density at radius 3 is 2.62 bits per heavy atom. The van der Waals surface area contributed by atoms with E-state index in [1.807, 2.05) is 0 Å². The van der Waals surface area contributed by atoms with Crippen molar-refractivity contribution in [3.63, 3.8) is 0 Å². The lowest BCUT2D eigenvalue weighted by molar-refractivity contribution is -0.141. The van der Waals surface area contributed by atoms with E-state index in [9.17, 15) is 23.2 Å². The van der Waals surface area contributed by atoms with Gasteiger partial charge in [0.1, 0.15) is 12.1 Å². The van der Waals surface area contributed by atoms with E-state index in [4.69, 9.17) is 0 Å². The third-order valence-electron chi connectivity index (χ3n) is 3.54. The van der Waals surface area contributed by atoms with Gasteiger partial charge in [0.15, 0.2) is 5.69 Å². The Balaban J connectivity index is 1.98. The van der Waals surface area contributed by atoms with Crippen molar-refractivity contribution < 1.29 is 18.0 Å². The molecule has 0 saturated heterocycles. The van der Waals surface area contributed by atoms with Gasteiger partial charge in [-0.15, -0.1) is 0 Å². The smallest absolute Gasteiger partial charge is 0.336 e. The van der Waals surface area contributed by atoms with Gasteiger partial charge in [-0.05, 0) is 18.9 Å². The third-order valence-corrected chi connectivity index (χ3v) is 3.54. The molecule has 0 aliphatic heterocycles. The van der Waals surface area contributed by atoms with E-state index in [0.29, 0.717) is 12.8 Å². The minimum absolute atomic E-state index is 0.334. The molecule has 1 aliphatic rings. The monoisotopic (exact) mass is 300 g/mol. The van der Waals surface area contributed by atoms with E-state index in [1.54, 1.807) is 0 Å². The van der Waals surface area contributed by atoms with Crippen molar-refractivity contribution in [2.24, 2.45) is 0 Å². The molecule has 1 amide bonds. The number of amides is 1. The fourth-order valence-electron chi connectivity index (χ4n) is 2.47. The van der Waals surface area contributed by atoms with Crippen molar-refractivity contribution in [1.82, 2.24) is 15.1 Å². The zero-order valence-corrected chi connectivity index (χ0v) is 11.3. The van der Waals surface area contributed by atoms with Crippen molar-refractivity contribution >= 4 is 5.91 Å². The topological polar surface area (TPSA) is 70.7 Å². The molecule has 1 fully saturated rings. The first kappa shape index (κ1) is 15.4. The number of nitrogens with one attached hydrogen (secondary N) is 1. The van der Waals surface area contributed by atoms with Crippen LogP contribution in [-0.4, -0.2) is 21.2 Å². The Bertz CT molecular complexity index is 552. The van der Waals surface area contributed by atoms with Crippen LogP contribution < -0.4 is 5.32 Å². The van der Waals surface area contributed by atoms with Crippen LogP contribution in [0.15, 0.2) is 12.3 Å². The number of carbonyl (C=O) groups is 1. The molecule has 0 aromatic carbocycles. The first-order valence-corrected chi connectivity index (χ1v) is 6.68. The minimum Gasteiger partial charge on any atom is -0.336 e. The summed E-state index contributed by atoms with van der Waals surface area (Å²) >= 11 is 0. The molecule has 1 aliphatic carbocycles. The second-order valence-corrected chi connectivity index (χ2v) is 5.20. The maximum atomic E-state index is 12.4. The SMILES string of the molecule is N#CC1(NC(=O)Cn2ccc(C(F)(F)F)n2)CCCCC1. The van der Waals surface area contributed by atoms with E-state index >= 15 is 0 Å². The molecule has 114 valence electrons. The lowest BCUT2D eigenvalue weighted by atomic mass is 9.83. The summed E-state index contributed by atoms with van der Waals surface area (Å²) in [5.41, 5.74) is -1.93. The zero-order chi connectivity index (χ0) is 15.5. The van der Waals surface area contributed by atoms with Crippen molar-refractivity contribution in [2.45, 2.75) is 50.4 Å². The minimum atomic E-state index is -4.53. The molecule has 0 unspecified atom stereocenters. The maximum absolute atomic E-state index is 12.4. The van der Waals surface area contributed by atoms with Crippen LogP contribution in [0.25, 0.3) is 0 Å². The number of carbonyl (C=O) groups excluding carboxylic acids is 1. The lowest BCUT2D eigenvalue weighted by Crippen LogP contribution is -2.49. The normalized spacial score (nSPS) is 18.0. The van der Waals surface area contributed by atoms with Crippen molar-refractivity contribution in [3.05, 3.63) is 18.0 Å². The summed E-state index contributed by atoms with van der Waals surface area (Å²) in [6, 6.07) is 2.94. The molecule has 1 heterocycles. The Labute approximate surface area is 119 Å². The van der Waals surface area contributed by atoms with Gasteiger partial charge in [0.25, 0.3) is 0 Å². The van der Waals surface area contributed by atoms with Gasteiger partial charge in [-0.1, -0.05) is 19.3 Å². The Morgan fingerprint density at radius 1 is 1.43 bits per heavy atom. The average molecular weight is 300 g/mol.